The van der Waals surface area contributed by atoms with Crippen LogP contribution in [0.5, 0.6) is 0 Å². The molecule has 1 unspecified atom stereocenters. The van der Waals surface area contributed by atoms with Gasteiger partial charge in [0.15, 0.2) is 5.16 Å². The van der Waals surface area contributed by atoms with E-state index < -0.39 is 0 Å². The SMILES string of the molecule is CCn1c(SC(C)C(=O)NCc2cccs2)nc2ccc(Br)cc2c1=O. The quantitative estimate of drug-likeness (QED) is 0.453. The Balaban J connectivity index is 1.81. The van der Waals surface area contributed by atoms with Crippen LogP contribution in [0.25, 0.3) is 10.9 Å². The number of rotatable bonds is 6. The lowest BCUT2D eigenvalue weighted by atomic mass is 10.2. The summed E-state index contributed by atoms with van der Waals surface area (Å²) in [5.41, 5.74) is 0.545. The molecular formula is C18H18BrN3O2S2. The van der Waals surface area contributed by atoms with Crippen LogP contribution >= 0.6 is 39.0 Å². The van der Waals surface area contributed by atoms with Crippen molar-refractivity contribution < 1.29 is 4.79 Å². The topological polar surface area (TPSA) is 64.0 Å². The number of nitrogens with one attached hydrogen (secondary N) is 1. The normalized spacial score (nSPS) is 12.3. The first-order valence-electron chi connectivity index (χ1n) is 8.16. The van der Waals surface area contributed by atoms with Crippen molar-refractivity contribution in [3.8, 4) is 0 Å². The fourth-order valence-electron chi connectivity index (χ4n) is 2.48. The number of thiophene rings is 1. The van der Waals surface area contributed by atoms with Gasteiger partial charge in [0.2, 0.25) is 5.91 Å². The predicted molar refractivity (Wildman–Crippen MR) is 111 cm³/mol. The van der Waals surface area contributed by atoms with Gasteiger partial charge in [0.25, 0.3) is 5.56 Å². The Morgan fingerprint density at radius 2 is 2.23 bits per heavy atom. The molecule has 3 aromatic rings. The Morgan fingerprint density at radius 3 is 2.92 bits per heavy atom. The number of carbonyl (C=O) groups is 1. The highest BCUT2D eigenvalue weighted by molar-refractivity contribution is 9.10. The van der Waals surface area contributed by atoms with E-state index in [0.29, 0.717) is 29.1 Å². The van der Waals surface area contributed by atoms with Crippen LogP contribution in [0.2, 0.25) is 0 Å². The molecule has 1 N–H and O–H groups in total. The summed E-state index contributed by atoms with van der Waals surface area (Å²) < 4.78 is 2.45. The number of thioether (sulfide) groups is 1. The Labute approximate surface area is 168 Å². The largest absolute Gasteiger partial charge is 0.350 e. The van der Waals surface area contributed by atoms with Crippen LogP contribution in [0.3, 0.4) is 0 Å². The van der Waals surface area contributed by atoms with E-state index in [4.69, 9.17) is 0 Å². The van der Waals surface area contributed by atoms with E-state index in [9.17, 15) is 9.59 Å². The first kappa shape index (κ1) is 19.1. The number of benzene rings is 1. The van der Waals surface area contributed by atoms with Gasteiger partial charge in [-0.1, -0.05) is 33.8 Å². The van der Waals surface area contributed by atoms with Crippen LogP contribution in [0.1, 0.15) is 18.7 Å². The smallest absolute Gasteiger partial charge is 0.262 e. The molecule has 2 heterocycles. The van der Waals surface area contributed by atoms with Crippen LogP contribution in [0.4, 0.5) is 0 Å². The summed E-state index contributed by atoms with van der Waals surface area (Å²) in [6, 6.07) is 9.40. The van der Waals surface area contributed by atoms with Gasteiger partial charge in [0.1, 0.15) is 0 Å². The van der Waals surface area contributed by atoms with Gasteiger partial charge in [-0.15, -0.1) is 11.3 Å². The Morgan fingerprint density at radius 1 is 1.42 bits per heavy atom. The fraction of sp³-hybridized carbons (Fsp3) is 0.278. The fourth-order valence-corrected chi connectivity index (χ4v) is 4.49. The second-order valence-corrected chi connectivity index (χ2v) is 8.92. The van der Waals surface area contributed by atoms with E-state index in [0.717, 1.165) is 9.35 Å². The molecule has 8 heteroatoms. The molecule has 136 valence electrons. The highest BCUT2D eigenvalue weighted by Crippen LogP contribution is 2.24. The average molecular weight is 452 g/mol. The molecule has 0 saturated heterocycles. The summed E-state index contributed by atoms with van der Waals surface area (Å²) in [7, 11) is 0. The Hall–Kier alpha value is -1.64. The monoisotopic (exact) mass is 451 g/mol. The van der Waals surface area contributed by atoms with Crippen molar-refractivity contribution in [1.82, 2.24) is 14.9 Å². The Bertz CT molecular complexity index is 986. The highest BCUT2D eigenvalue weighted by Gasteiger charge is 2.19. The summed E-state index contributed by atoms with van der Waals surface area (Å²) in [4.78, 5) is 30.9. The molecule has 0 radical (unpaired) electrons. The molecule has 0 aliphatic carbocycles. The molecule has 0 saturated carbocycles. The predicted octanol–water partition coefficient (Wildman–Crippen LogP) is 4.04. The third-order valence-corrected chi connectivity index (χ3v) is 6.33. The number of halogens is 1. The number of hydrogen-bond acceptors (Lipinski definition) is 5. The van der Waals surface area contributed by atoms with Crippen molar-refractivity contribution in [1.29, 1.82) is 0 Å². The lowest BCUT2D eigenvalue weighted by Crippen LogP contribution is -2.31. The van der Waals surface area contributed by atoms with E-state index in [1.807, 2.05) is 43.5 Å². The average Bonchev–Trinajstić information content (AvgIpc) is 3.14. The number of nitrogens with zero attached hydrogens (tertiary/aromatic N) is 2. The van der Waals surface area contributed by atoms with Crippen LogP contribution in [-0.4, -0.2) is 20.7 Å². The highest BCUT2D eigenvalue weighted by atomic mass is 79.9. The van der Waals surface area contributed by atoms with Crippen LogP contribution in [0.15, 0.2) is 50.1 Å². The molecule has 0 aliphatic rings. The number of amides is 1. The maximum atomic E-state index is 12.8. The summed E-state index contributed by atoms with van der Waals surface area (Å²) in [6.07, 6.45) is 0. The van der Waals surface area contributed by atoms with Gasteiger partial charge in [-0.25, -0.2) is 4.98 Å². The van der Waals surface area contributed by atoms with Crippen molar-refractivity contribution in [2.45, 2.75) is 37.3 Å². The van der Waals surface area contributed by atoms with Crippen LogP contribution < -0.4 is 10.9 Å². The van der Waals surface area contributed by atoms with E-state index in [1.54, 1.807) is 22.0 Å². The van der Waals surface area contributed by atoms with Crippen molar-refractivity contribution in [3.63, 3.8) is 0 Å². The minimum Gasteiger partial charge on any atom is -0.350 e. The third-order valence-electron chi connectivity index (χ3n) is 3.87. The standard InChI is InChI=1S/C18H18BrN3O2S2/c1-3-22-17(24)14-9-12(19)6-7-15(14)21-18(22)26-11(2)16(23)20-10-13-5-4-8-25-13/h4-9,11H,3,10H2,1-2H3,(H,20,23). The minimum atomic E-state index is -0.354. The molecule has 0 bridgehead atoms. The van der Waals surface area contributed by atoms with Crippen molar-refractivity contribution >= 4 is 55.8 Å². The van der Waals surface area contributed by atoms with Crippen molar-refractivity contribution in [2.24, 2.45) is 0 Å². The lowest BCUT2D eigenvalue weighted by Gasteiger charge is -2.15. The molecule has 1 amide bonds. The molecule has 26 heavy (non-hydrogen) atoms. The van der Waals surface area contributed by atoms with E-state index >= 15 is 0 Å². The zero-order chi connectivity index (χ0) is 18.7. The maximum Gasteiger partial charge on any atom is 0.262 e. The van der Waals surface area contributed by atoms with Crippen molar-refractivity contribution in [2.75, 3.05) is 0 Å². The van der Waals surface area contributed by atoms with Crippen LogP contribution in [-0.2, 0) is 17.9 Å². The molecular weight excluding hydrogens is 434 g/mol. The van der Waals surface area contributed by atoms with E-state index in [2.05, 4.69) is 26.2 Å². The number of fused-ring (bicyclic) bond motifs is 1. The van der Waals surface area contributed by atoms with Crippen molar-refractivity contribution in [3.05, 3.63) is 55.4 Å². The molecule has 0 aliphatic heterocycles. The first-order valence-corrected chi connectivity index (χ1v) is 10.7. The number of hydrogen-bond donors (Lipinski definition) is 1. The first-order chi connectivity index (χ1) is 12.5. The van der Waals surface area contributed by atoms with Gasteiger partial charge in [-0.3, -0.25) is 14.2 Å². The van der Waals surface area contributed by atoms with E-state index in [1.165, 1.54) is 11.8 Å². The van der Waals surface area contributed by atoms with Crippen LogP contribution in [0, 0.1) is 0 Å². The minimum absolute atomic E-state index is 0.0730. The molecule has 3 rings (SSSR count). The van der Waals surface area contributed by atoms with Gasteiger partial charge in [0, 0.05) is 15.9 Å². The molecule has 2 aromatic heterocycles. The number of aromatic nitrogens is 2. The summed E-state index contributed by atoms with van der Waals surface area (Å²) >= 11 is 6.30. The molecule has 1 aromatic carbocycles. The summed E-state index contributed by atoms with van der Waals surface area (Å²) in [5, 5.41) is 5.69. The second-order valence-electron chi connectivity index (χ2n) is 5.66. The van der Waals surface area contributed by atoms with Gasteiger partial charge < -0.3 is 5.32 Å². The third kappa shape index (κ3) is 4.19. The number of carbonyl (C=O) groups excluding carboxylic acids is 1. The van der Waals surface area contributed by atoms with Gasteiger partial charge in [-0.05, 0) is 43.5 Å². The van der Waals surface area contributed by atoms with Gasteiger partial charge in [-0.2, -0.15) is 0 Å². The molecule has 0 spiro atoms. The van der Waals surface area contributed by atoms with E-state index in [-0.39, 0.29) is 16.7 Å². The zero-order valence-electron chi connectivity index (χ0n) is 14.4. The molecule has 0 fully saturated rings. The maximum absolute atomic E-state index is 12.8. The summed E-state index contributed by atoms with van der Waals surface area (Å²) in [5.74, 6) is -0.0730. The lowest BCUT2D eigenvalue weighted by molar-refractivity contribution is -0.120. The Kier molecular flexibility index (Phi) is 6.16. The second kappa shape index (κ2) is 8.37. The zero-order valence-corrected chi connectivity index (χ0v) is 17.6. The van der Waals surface area contributed by atoms with Gasteiger partial charge >= 0.3 is 0 Å². The summed E-state index contributed by atoms with van der Waals surface area (Å²) in [6.45, 7) is 4.74. The molecule has 1 atom stereocenters. The van der Waals surface area contributed by atoms with Gasteiger partial charge in [0.05, 0.1) is 22.7 Å². The molecule has 5 nitrogen and oxygen atoms in total.